The maximum atomic E-state index is 13.2. The first-order valence-corrected chi connectivity index (χ1v) is 8.45. The van der Waals surface area contributed by atoms with Crippen molar-refractivity contribution in [3.8, 4) is 23.8 Å². The lowest BCUT2D eigenvalue weighted by atomic mass is 9.89. The van der Waals surface area contributed by atoms with Gasteiger partial charge in [0, 0.05) is 18.0 Å². The van der Waals surface area contributed by atoms with Gasteiger partial charge in [-0.15, -0.1) is 6.42 Å². The highest BCUT2D eigenvalue weighted by Gasteiger charge is 2.31. The smallest absolute Gasteiger partial charge is 0.226 e. The lowest BCUT2D eigenvalue weighted by Gasteiger charge is -2.23. The Labute approximate surface area is 155 Å². The highest BCUT2D eigenvalue weighted by Crippen LogP contribution is 2.38. The third-order valence-electron chi connectivity index (χ3n) is 4.46. The summed E-state index contributed by atoms with van der Waals surface area (Å²) in [7, 11) is 0. The van der Waals surface area contributed by atoms with Crippen LogP contribution in [-0.2, 0) is 4.79 Å². The molecular formula is C21H16FN3O2. The van der Waals surface area contributed by atoms with E-state index >= 15 is 0 Å². The van der Waals surface area contributed by atoms with Crippen LogP contribution in [0, 0.1) is 18.2 Å². The lowest BCUT2D eigenvalue weighted by Crippen LogP contribution is -2.24. The zero-order valence-corrected chi connectivity index (χ0v) is 14.4. The molecule has 0 aliphatic carbocycles. The summed E-state index contributed by atoms with van der Waals surface area (Å²) in [5.74, 6) is 3.05. The minimum absolute atomic E-state index is 0.105. The second kappa shape index (κ2) is 6.96. The maximum absolute atomic E-state index is 13.2. The molecule has 5 nitrogen and oxygen atoms in total. The number of aromatic nitrogens is 2. The summed E-state index contributed by atoms with van der Waals surface area (Å²) in [6.45, 7) is 0.180. The van der Waals surface area contributed by atoms with E-state index in [1.54, 1.807) is 23.0 Å². The number of carbonyl (C=O) groups is 1. The van der Waals surface area contributed by atoms with Crippen molar-refractivity contribution in [3.05, 3.63) is 71.9 Å². The molecule has 0 fully saturated rings. The van der Waals surface area contributed by atoms with Crippen molar-refractivity contribution in [2.24, 2.45) is 0 Å². The fraction of sp³-hybridized carbons (Fsp3) is 0.143. The number of anilines is 1. The molecule has 2 heterocycles. The van der Waals surface area contributed by atoms with Crippen LogP contribution in [0.1, 0.15) is 23.6 Å². The van der Waals surface area contributed by atoms with E-state index in [1.165, 1.54) is 12.1 Å². The Morgan fingerprint density at radius 1 is 1.30 bits per heavy atom. The van der Waals surface area contributed by atoms with Gasteiger partial charge < -0.3 is 10.1 Å². The number of carbonyl (C=O) groups excluding carboxylic acids is 1. The van der Waals surface area contributed by atoms with E-state index in [1.807, 2.05) is 24.3 Å². The molecule has 0 saturated carbocycles. The van der Waals surface area contributed by atoms with Crippen LogP contribution in [-0.4, -0.2) is 22.1 Å². The van der Waals surface area contributed by atoms with Gasteiger partial charge in [0.15, 0.2) is 0 Å². The Balaban J connectivity index is 1.73. The first kappa shape index (κ1) is 16.9. The van der Waals surface area contributed by atoms with Crippen molar-refractivity contribution in [1.82, 2.24) is 9.55 Å². The Morgan fingerprint density at radius 2 is 2.11 bits per heavy atom. The minimum atomic E-state index is -0.321. The van der Waals surface area contributed by atoms with E-state index in [4.69, 9.17) is 11.2 Å². The Kier molecular flexibility index (Phi) is 4.35. The molecule has 134 valence electrons. The maximum Gasteiger partial charge on any atom is 0.226 e. The van der Waals surface area contributed by atoms with Crippen LogP contribution in [0.2, 0.25) is 0 Å². The van der Waals surface area contributed by atoms with Crippen molar-refractivity contribution < 1.29 is 13.9 Å². The summed E-state index contributed by atoms with van der Waals surface area (Å²) in [6.07, 6.45) is 7.16. The SMILES string of the molecule is C#CCOc1cccc([C@@H]2CC(=O)Nc3c2ncn3-c2ccc(F)cc2)c1. The first-order valence-electron chi connectivity index (χ1n) is 8.45. The Bertz CT molecular complexity index is 1030. The number of ether oxygens (including phenoxy) is 1. The fourth-order valence-corrected chi connectivity index (χ4v) is 3.23. The number of halogens is 1. The van der Waals surface area contributed by atoms with Crippen molar-refractivity contribution in [3.63, 3.8) is 0 Å². The van der Waals surface area contributed by atoms with Gasteiger partial charge in [-0.05, 0) is 42.0 Å². The lowest BCUT2D eigenvalue weighted by molar-refractivity contribution is -0.116. The van der Waals surface area contributed by atoms with Crippen molar-refractivity contribution in [2.75, 3.05) is 11.9 Å². The molecule has 0 saturated heterocycles. The average molecular weight is 361 g/mol. The van der Waals surface area contributed by atoms with Crippen LogP contribution in [0.15, 0.2) is 54.9 Å². The number of hydrogen-bond acceptors (Lipinski definition) is 3. The molecule has 1 aromatic heterocycles. The first-order chi connectivity index (χ1) is 13.2. The van der Waals surface area contributed by atoms with Gasteiger partial charge in [0.25, 0.3) is 0 Å². The van der Waals surface area contributed by atoms with Gasteiger partial charge >= 0.3 is 0 Å². The van der Waals surface area contributed by atoms with Crippen LogP contribution in [0.25, 0.3) is 5.69 Å². The van der Waals surface area contributed by atoms with Gasteiger partial charge in [-0.2, -0.15) is 0 Å². The molecule has 1 aliphatic rings. The molecule has 4 rings (SSSR count). The standard InChI is InChI=1S/C21H16FN3O2/c1-2-10-27-17-5-3-4-14(11-17)18-12-19(26)24-21-20(18)23-13-25(21)16-8-6-15(22)7-9-16/h1,3-9,11,13,18H,10,12H2,(H,24,26)/t18-/m0/s1. The number of terminal acetylenes is 1. The van der Waals surface area contributed by atoms with Gasteiger partial charge in [0.2, 0.25) is 5.91 Å². The predicted molar refractivity (Wildman–Crippen MR) is 99.4 cm³/mol. The summed E-state index contributed by atoms with van der Waals surface area (Å²) in [6, 6.07) is 13.5. The van der Waals surface area contributed by atoms with Crippen LogP contribution >= 0.6 is 0 Å². The van der Waals surface area contributed by atoms with Crippen LogP contribution < -0.4 is 10.1 Å². The van der Waals surface area contributed by atoms with E-state index in [0.29, 0.717) is 11.6 Å². The van der Waals surface area contributed by atoms with E-state index in [0.717, 1.165) is 16.9 Å². The average Bonchev–Trinajstić information content (AvgIpc) is 3.10. The van der Waals surface area contributed by atoms with E-state index in [9.17, 15) is 9.18 Å². The van der Waals surface area contributed by atoms with Gasteiger partial charge in [-0.3, -0.25) is 9.36 Å². The van der Waals surface area contributed by atoms with E-state index in [-0.39, 0.29) is 30.7 Å². The molecule has 0 unspecified atom stereocenters. The highest BCUT2D eigenvalue weighted by atomic mass is 19.1. The number of benzene rings is 2. The van der Waals surface area contributed by atoms with Crippen molar-refractivity contribution >= 4 is 11.7 Å². The summed E-state index contributed by atoms with van der Waals surface area (Å²) in [5, 5.41) is 2.88. The predicted octanol–water partition coefficient (Wildman–Crippen LogP) is 3.50. The number of nitrogens with zero attached hydrogens (tertiary/aromatic N) is 2. The molecule has 0 bridgehead atoms. The largest absolute Gasteiger partial charge is 0.481 e. The second-order valence-corrected chi connectivity index (χ2v) is 6.20. The summed E-state index contributed by atoms with van der Waals surface area (Å²) >= 11 is 0. The fourth-order valence-electron chi connectivity index (χ4n) is 3.23. The summed E-state index contributed by atoms with van der Waals surface area (Å²) in [5.41, 5.74) is 2.40. The molecule has 3 aromatic rings. The molecule has 0 spiro atoms. The molecule has 27 heavy (non-hydrogen) atoms. The molecule has 6 heteroatoms. The zero-order chi connectivity index (χ0) is 18.8. The third-order valence-corrected chi connectivity index (χ3v) is 4.46. The number of hydrogen-bond donors (Lipinski definition) is 1. The van der Waals surface area contributed by atoms with Crippen LogP contribution in [0.4, 0.5) is 10.2 Å². The van der Waals surface area contributed by atoms with Crippen molar-refractivity contribution in [2.45, 2.75) is 12.3 Å². The van der Waals surface area contributed by atoms with Gasteiger partial charge in [0.05, 0.1) is 5.69 Å². The van der Waals surface area contributed by atoms with Gasteiger partial charge in [-0.1, -0.05) is 18.1 Å². The number of rotatable bonds is 4. The monoisotopic (exact) mass is 361 g/mol. The third kappa shape index (κ3) is 3.27. The normalized spacial score (nSPS) is 15.6. The summed E-state index contributed by atoms with van der Waals surface area (Å²) in [4.78, 5) is 16.9. The zero-order valence-electron chi connectivity index (χ0n) is 14.4. The van der Waals surface area contributed by atoms with Crippen molar-refractivity contribution in [1.29, 1.82) is 0 Å². The molecule has 1 N–H and O–H groups in total. The molecule has 0 radical (unpaired) electrons. The molecule has 1 aliphatic heterocycles. The Morgan fingerprint density at radius 3 is 2.89 bits per heavy atom. The molecule has 1 atom stereocenters. The quantitative estimate of drug-likeness (QED) is 0.724. The van der Waals surface area contributed by atoms with Crippen LogP contribution in [0.3, 0.4) is 0 Å². The number of amides is 1. The Hall–Kier alpha value is -3.59. The van der Waals surface area contributed by atoms with Gasteiger partial charge in [0.1, 0.15) is 30.3 Å². The number of imidazole rings is 1. The number of nitrogens with one attached hydrogen (secondary N) is 1. The van der Waals surface area contributed by atoms with Gasteiger partial charge in [-0.25, -0.2) is 9.37 Å². The van der Waals surface area contributed by atoms with Crippen LogP contribution in [0.5, 0.6) is 5.75 Å². The molecular weight excluding hydrogens is 345 g/mol. The second-order valence-electron chi connectivity index (χ2n) is 6.20. The number of fused-ring (bicyclic) bond motifs is 1. The summed E-state index contributed by atoms with van der Waals surface area (Å²) < 4.78 is 20.5. The highest BCUT2D eigenvalue weighted by molar-refractivity contribution is 5.94. The molecule has 1 amide bonds. The molecule has 2 aromatic carbocycles. The van der Waals surface area contributed by atoms with E-state index in [2.05, 4.69) is 16.2 Å². The topological polar surface area (TPSA) is 56.1 Å². The minimum Gasteiger partial charge on any atom is -0.481 e. The van der Waals surface area contributed by atoms with E-state index < -0.39 is 0 Å².